The number of nitro benzene ring substituents is 1. The number of amides is 1. The Bertz CT molecular complexity index is 439. The predicted molar refractivity (Wildman–Crippen MR) is 70.8 cm³/mol. The molecule has 0 fully saturated rings. The zero-order valence-corrected chi connectivity index (χ0v) is 10.4. The van der Waals surface area contributed by atoms with E-state index in [0.29, 0.717) is 19.5 Å². The SMILES string of the molecule is Cl.NCCCNC(=O)c1ccc(N)c([N+](=O)[O-])c1. The molecule has 0 saturated heterocycles. The number of carbonyl (C=O) groups is 1. The van der Waals surface area contributed by atoms with Crippen LogP contribution in [0.5, 0.6) is 0 Å². The first kappa shape index (κ1) is 16.1. The van der Waals surface area contributed by atoms with Crippen LogP contribution in [0.4, 0.5) is 11.4 Å². The number of carbonyl (C=O) groups excluding carboxylic acids is 1. The topological polar surface area (TPSA) is 124 Å². The number of nitrogens with two attached hydrogens (primary N) is 2. The van der Waals surface area contributed by atoms with Crippen molar-refractivity contribution in [3.05, 3.63) is 33.9 Å². The number of nitrogens with one attached hydrogen (secondary N) is 1. The first-order chi connectivity index (χ1) is 8.06. The third-order valence-electron chi connectivity index (χ3n) is 2.16. The molecule has 0 unspecified atom stereocenters. The first-order valence-electron chi connectivity index (χ1n) is 5.08. The fourth-order valence-electron chi connectivity index (χ4n) is 1.25. The molecule has 0 radical (unpaired) electrons. The van der Waals surface area contributed by atoms with Gasteiger partial charge in [-0.1, -0.05) is 0 Å². The van der Waals surface area contributed by atoms with E-state index in [1.54, 1.807) is 0 Å². The van der Waals surface area contributed by atoms with Gasteiger partial charge in [-0.15, -0.1) is 12.4 Å². The molecule has 0 bridgehead atoms. The van der Waals surface area contributed by atoms with Crippen LogP contribution in [0.15, 0.2) is 18.2 Å². The van der Waals surface area contributed by atoms with E-state index in [4.69, 9.17) is 11.5 Å². The summed E-state index contributed by atoms with van der Waals surface area (Å²) in [5.41, 5.74) is 10.7. The minimum Gasteiger partial charge on any atom is -0.393 e. The first-order valence-corrected chi connectivity index (χ1v) is 5.08. The molecule has 0 aromatic heterocycles. The van der Waals surface area contributed by atoms with Crippen molar-refractivity contribution in [3.63, 3.8) is 0 Å². The van der Waals surface area contributed by atoms with Crippen molar-refractivity contribution < 1.29 is 9.72 Å². The lowest BCUT2D eigenvalue weighted by Gasteiger charge is -2.04. The normalized spacial score (nSPS) is 9.39. The third kappa shape index (κ3) is 4.19. The Kier molecular flexibility index (Phi) is 6.69. The standard InChI is InChI=1S/C10H14N4O3.ClH/c11-4-1-5-13-10(15)7-2-3-8(12)9(6-7)14(16)17;/h2-3,6H,1,4-5,11-12H2,(H,13,15);1H. The highest BCUT2D eigenvalue weighted by atomic mass is 35.5. The van der Waals surface area contributed by atoms with Crippen LogP contribution >= 0.6 is 12.4 Å². The van der Waals surface area contributed by atoms with Crippen molar-refractivity contribution in [2.45, 2.75) is 6.42 Å². The maximum absolute atomic E-state index is 11.6. The van der Waals surface area contributed by atoms with Gasteiger partial charge in [0.2, 0.25) is 0 Å². The summed E-state index contributed by atoms with van der Waals surface area (Å²) in [6.45, 7) is 0.912. The van der Waals surface area contributed by atoms with Crippen molar-refractivity contribution in [2.24, 2.45) is 5.73 Å². The van der Waals surface area contributed by atoms with E-state index < -0.39 is 4.92 Å². The molecule has 0 saturated carbocycles. The van der Waals surface area contributed by atoms with E-state index in [2.05, 4.69) is 5.32 Å². The minimum absolute atomic E-state index is 0. The van der Waals surface area contributed by atoms with E-state index in [9.17, 15) is 14.9 Å². The van der Waals surface area contributed by atoms with Crippen LogP contribution in [-0.4, -0.2) is 23.9 Å². The van der Waals surface area contributed by atoms with Gasteiger partial charge in [0.1, 0.15) is 5.69 Å². The lowest BCUT2D eigenvalue weighted by atomic mass is 10.1. The van der Waals surface area contributed by atoms with Gasteiger partial charge in [-0.05, 0) is 25.1 Å². The van der Waals surface area contributed by atoms with Crippen LogP contribution in [0, 0.1) is 10.1 Å². The second-order valence-electron chi connectivity index (χ2n) is 3.43. The molecule has 0 heterocycles. The second-order valence-corrected chi connectivity index (χ2v) is 3.43. The largest absolute Gasteiger partial charge is 0.393 e. The molecule has 5 N–H and O–H groups in total. The third-order valence-corrected chi connectivity index (χ3v) is 2.16. The molecule has 1 rings (SSSR count). The molecular formula is C10H15ClN4O3. The lowest BCUT2D eigenvalue weighted by Crippen LogP contribution is -2.26. The molecule has 18 heavy (non-hydrogen) atoms. The number of hydrogen-bond acceptors (Lipinski definition) is 5. The van der Waals surface area contributed by atoms with Gasteiger partial charge >= 0.3 is 0 Å². The van der Waals surface area contributed by atoms with Gasteiger partial charge in [-0.25, -0.2) is 0 Å². The van der Waals surface area contributed by atoms with Crippen LogP contribution in [0.1, 0.15) is 16.8 Å². The highest BCUT2D eigenvalue weighted by molar-refractivity contribution is 5.95. The molecule has 0 aliphatic rings. The molecule has 0 aliphatic heterocycles. The molecular weight excluding hydrogens is 260 g/mol. The molecule has 1 amide bonds. The van der Waals surface area contributed by atoms with Gasteiger partial charge in [0.25, 0.3) is 11.6 Å². The van der Waals surface area contributed by atoms with Gasteiger partial charge in [0.05, 0.1) is 4.92 Å². The average Bonchev–Trinajstić information content (AvgIpc) is 2.29. The fourth-order valence-corrected chi connectivity index (χ4v) is 1.25. The molecule has 0 aliphatic carbocycles. The zero-order chi connectivity index (χ0) is 12.8. The summed E-state index contributed by atoms with van der Waals surface area (Å²) in [6.07, 6.45) is 0.656. The summed E-state index contributed by atoms with van der Waals surface area (Å²) in [5, 5.41) is 13.2. The Balaban J connectivity index is 0.00000289. The number of benzene rings is 1. The quantitative estimate of drug-likeness (QED) is 0.315. The summed E-state index contributed by atoms with van der Waals surface area (Å²) < 4.78 is 0. The van der Waals surface area contributed by atoms with E-state index in [-0.39, 0.29) is 35.3 Å². The van der Waals surface area contributed by atoms with Crippen LogP contribution in [-0.2, 0) is 0 Å². The number of rotatable bonds is 5. The smallest absolute Gasteiger partial charge is 0.292 e. The minimum atomic E-state index is -0.619. The van der Waals surface area contributed by atoms with Gasteiger partial charge < -0.3 is 16.8 Å². The highest BCUT2D eigenvalue weighted by Crippen LogP contribution is 2.22. The van der Waals surface area contributed by atoms with Gasteiger partial charge in [-0.2, -0.15) is 0 Å². The second kappa shape index (κ2) is 7.46. The molecule has 0 atom stereocenters. The average molecular weight is 275 g/mol. The van der Waals surface area contributed by atoms with E-state index in [0.717, 1.165) is 6.07 Å². The molecule has 0 spiro atoms. The number of nitro groups is 1. The molecule has 7 nitrogen and oxygen atoms in total. The summed E-state index contributed by atoms with van der Waals surface area (Å²) in [6, 6.07) is 3.95. The van der Waals surface area contributed by atoms with Gasteiger partial charge in [0.15, 0.2) is 0 Å². The van der Waals surface area contributed by atoms with Crippen LogP contribution in [0.2, 0.25) is 0 Å². The van der Waals surface area contributed by atoms with Crippen LogP contribution in [0.3, 0.4) is 0 Å². The zero-order valence-electron chi connectivity index (χ0n) is 9.59. The van der Waals surface area contributed by atoms with Gasteiger partial charge in [0, 0.05) is 18.2 Å². The van der Waals surface area contributed by atoms with Crippen LogP contribution < -0.4 is 16.8 Å². The van der Waals surface area contributed by atoms with Crippen molar-refractivity contribution in [1.82, 2.24) is 5.32 Å². The maximum Gasteiger partial charge on any atom is 0.292 e. The number of anilines is 1. The summed E-state index contributed by atoms with van der Waals surface area (Å²) in [5.74, 6) is -0.374. The van der Waals surface area contributed by atoms with Crippen molar-refractivity contribution in [1.29, 1.82) is 0 Å². The summed E-state index contributed by atoms with van der Waals surface area (Å²) in [4.78, 5) is 21.6. The molecule has 1 aromatic rings. The molecule has 100 valence electrons. The van der Waals surface area contributed by atoms with E-state index >= 15 is 0 Å². The summed E-state index contributed by atoms with van der Waals surface area (Å²) in [7, 11) is 0. The fraction of sp³-hybridized carbons (Fsp3) is 0.300. The van der Waals surface area contributed by atoms with Crippen molar-refractivity contribution in [3.8, 4) is 0 Å². The Morgan fingerprint density at radius 2 is 2.11 bits per heavy atom. The number of nitrogen functional groups attached to an aromatic ring is 1. The van der Waals surface area contributed by atoms with Gasteiger partial charge in [-0.3, -0.25) is 14.9 Å². The van der Waals surface area contributed by atoms with E-state index in [1.807, 2.05) is 0 Å². The van der Waals surface area contributed by atoms with Crippen molar-refractivity contribution in [2.75, 3.05) is 18.8 Å². The Morgan fingerprint density at radius 1 is 1.44 bits per heavy atom. The monoisotopic (exact) mass is 274 g/mol. The van der Waals surface area contributed by atoms with E-state index in [1.165, 1.54) is 12.1 Å². The van der Waals surface area contributed by atoms with Crippen molar-refractivity contribution >= 4 is 29.7 Å². The molecule has 8 heteroatoms. The maximum atomic E-state index is 11.6. The number of hydrogen-bond donors (Lipinski definition) is 3. The Morgan fingerprint density at radius 3 is 2.67 bits per heavy atom. The highest BCUT2D eigenvalue weighted by Gasteiger charge is 2.15. The number of nitrogens with zero attached hydrogens (tertiary/aromatic N) is 1. The predicted octanol–water partition coefficient (Wildman–Crippen LogP) is 0.677. The number of halogens is 1. The summed E-state index contributed by atoms with van der Waals surface area (Å²) >= 11 is 0. The van der Waals surface area contributed by atoms with Crippen LogP contribution in [0.25, 0.3) is 0 Å². The Labute approximate surface area is 110 Å². The molecule has 1 aromatic carbocycles. The lowest BCUT2D eigenvalue weighted by molar-refractivity contribution is -0.383. The Hall–Kier alpha value is -1.86.